The molecule has 0 aliphatic heterocycles. The van der Waals surface area contributed by atoms with E-state index in [2.05, 4.69) is 10.3 Å². The Kier molecular flexibility index (Phi) is 5.78. The number of nitrogens with zero attached hydrogens (tertiary/aromatic N) is 2. The van der Waals surface area contributed by atoms with Crippen molar-refractivity contribution in [3.63, 3.8) is 0 Å². The second-order valence-electron chi connectivity index (χ2n) is 5.92. The number of aromatic nitrogens is 1. The van der Waals surface area contributed by atoms with Gasteiger partial charge in [-0.3, -0.25) is 4.79 Å². The quantitative estimate of drug-likeness (QED) is 0.659. The lowest BCUT2D eigenvalue weighted by Crippen LogP contribution is -2.24. The molecule has 1 aromatic heterocycles. The average Bonchev–Trinajstić information content (AvgIpc) is 3.09. The number of anilines is 1. The van der Waals surface area contributed by atoms with Crippen molar-refractivity contribution in [3.05, 3.63) is 71.1 Å². The minimum Gasteiger partial charge on any atom is -0.444 e. The first-order chi connectivity index (χ1) is 13.3. The summed E-state index contributed by atoms with van der Waals surface area (Å²) in [7, 11) is -3.77. The Balaban J connectivity index is 1.64. The van der Waals surface area contributed by atoms with Gasteiger partial charge in [0.2, 0.25) is 11.8 Å². The molecule has 1 N–H and O–H groups in total. The van der Waals surface area contributed by atoms with Crippen molar-refractivity contribution >= 4 is 33.0 Å². The number of halogens is 1. The zero-order chi connectivity index (χ0) is 20.1. The number of oxazole rings is 1. The molecule has 3 rings (SSSR count). The highest BCUT2D eigenvalue weighted by molar-refractivity contribution is 7.91. The van der Waals surface area contributed by atoms with Gasteiger partial charge in [-0.2, -0.15) is 5.26 Å². The molecular weight excluding hydrogens is 402 g/mol. The van der Waals surface area contributed by atoms with Crippen molar-refractivity contribution in [1.82, 2.24) is 4.98 Å². The molecule has 0 saturated carbocycles. The number of amides is 1. The molecule has 0 saturated heterocycles. The number of carbonyl (C=O) groups excluding carboxylic acids is 1. The van der Waals surface area contributed by atoms with Crippen LogP contribution in [-0.4, -0.2) is 25.1 Å². The van der Waals surface area contributed by atoms with Gasteiger partial charge in [-0.25, -0.2) is 13.4 Å². The number of sulfone groups is 1. The zero-order valence-electron chi connectivity index (χ0n) is 14.4. The summed E-state index contributed by atoms with van der Waals surface area (Å²) in [5, 5.41) is 11.9. The molecule has 0 atom stereocenters. The lowest BCUT2D eigenvalue weighted by atomic mass is 10.2. The first-order valence-electron chi connectivity index (χ1n) is 8.05. The van der Waals surface area contributed by atoms with E-state index in [1.807, 2.05) is 6.07 Å². The van der Waals surface area contributed by atoms with Gasteiger partial charge in [0, 0.05) is 16.3 Å². The molecule has 3 aromatic rings. The fourth-order valence-corrected chi connectivity index (χ4v) is 3.72. The largest absolute Gasteiger partial charge is 0.444 e. The van der Waals surface area contributed by atoms with Crippen LogP contribution in [0.5, 0.6) is 0 Å². The lowest BCUT2D eigenvalue weighted by Gasteiger charge is -2.05. The summed E-state index contributed by atoms with van der Waals surface area (Å²) in [4.78, 5) is 16.2. The molecule has 2 aromatic carbocycles. The van der Waals surface area contributed by atoms with E-state index < -0.39 is 27.3 Å². The van der Waals surface area contributed by atoms with E-state index in [1.165, 1.54) is 12.3 Å². The van der Waals surface area contributed by atoms with E-state index >= 15 is 0 Å². The smallest absolute Gasteiger partial charge is 0.239 e. The number of benzene rings is 2. The molecule has 0 bridgehead atoms. The summed E-state index contributed by atoms with van der Waals surface area (Å²) in [6.45, 7) is 0. The third-order valence-corrected chi connectivity index (χ3v) is 5.33. The maximum atomic E-state index is 12.3. The summed E-state index contributed by atoms with van der Waals surface area (Å²) >= 11 is 5.83. The molecular formula is C19H14ClN3O4S. The Morgan fingerprint density at radius 1 is 1.21 bits per heavy atom. The van der Waals surface area contributed by atoms with Crippen LogP contribution in [0.25, 0.3) is 11.5 Å². The minimum atomic E-state index is -3.77. The Bertz CT molecular complexity index is 1150. The number of carbonyl (C=O) groups is 1. The average molecular weight is 416 g/mol. The third kappa shape index (κ3) is 5.19. The molecule has 0 aliphatic rings. The SMILES string of the molecule is N#Cc1cccc(NC(=O)CS(=O)(=O)Cc2coc(-c3ccc(Cl)cc3)n2)c1. The fraction of sp³-hybridized carbons (Fsp3) is 0.105. The number of hydrogen-bond donors (Lipinski definition) is 1. The third-order valence-electron chi connectivity index (χ3n) is 3.64. The van der Waals surface area contributed by atoms with Crippen molar-refractivity contribution in [2.24, 2.45) is 0 Å². The van der Waals surface area contributed by atoms with E-state index in [9.17, 15) is 13.2 Å². The predicted octanol–water partition coefficient (Wildman–Crippen LogP) is 3.42. The van der Waals surface area contributed by atoms with Crippen molar-refractivity contribution < 1.29 is 17.6 Å². The first kappa shape index (κ1) is 19.6. The molecule has 142 valence electrons. The van der Waals surface area contributed by atoms with Gasteiger partial charge in [0.05, 0.1) is 23.1 Å². The van der Waals surface area contributed by atoms with Gasteiger partial charge >= 0.3 is 0 Å². The molecule has 1 heterocycles. The maximum Gasteiger partial charge on any atom is 0.239 e. The van der Waals surface area contributed by atoms with E-state index in [4.69, 9.17) is 21.3 Å². The van der Waals surface area contributed by atoms with Crippen LogP contribution in [0.3, 0.4) is 0 Å². The first-order valence-corrected chi connectivity index (χ1v) is 10.3. The van der Waals surface area contributed by atoms with E-state index in [0.717, 1.165) is 0 Å². The number of nitrogens with one attached hydrogen (secondary N) is 1. The lowest BCUT2D eigenvalue weighted by molar-refractivity contribution is -0.113. The monoisotopic (exact) mass is 415 g/mol. The Morgan fingerprint density at radius 3 is 2.68 bits per heavy atom. The molecule has 0 fully saturated rings. The summed E-state index contributed by atoms with van der Waals surface area (Å²) < 4.78 is 29.9. The molecule has 0 spiro atoms. The summed E-state index contributed by atoms with van der Waals surface area (Å²) in [5.41, 5.74) is 1.57. The maximum absolute atomic E-state index is 12.3. The second kappa shape index (κ2) is 8.25. The van der Waals surface area contributed by atoms with Gasteiger partial charge in [0.15, 0.2) is 9.84 Å². The van der Waals surface area contributed by atoms with E-state index in [1.54, 1.807) is 42.5 Å². The highest BCUT2D eigenvalue weighted by Crippen LogP contribution is 2.21. The Morgan fingerprint density at radius 2 is 1.96 bits per heavy atom. The Labute approximate surface area is 166 Å². The summed E-state index contributed by atoms with van der Waals surface area (Å²) in [6.07, 6.45) is 1.25. The number of hydrogen-bond acceptors (Lipinski definition) is 6. The summed E-state index contributed by atoms with van der Waals surface area (Å²) in [6, 6.07) is 14.9. The second-order valence-corrected chi connectivity index (χ2v) is 8.42. The van der Waals surface area contributed by atoms with Crippen LogP contribution in [0.4, 0.5) is 5.69 Å². The van der Waals surface area contributed by atoms with E-state index in [-0.39, 0.29) is 11.6 Å². The van der Waals surface area contributed by atoms with Crippen LogP contribution in [0.15, 0.2) is 59.2 Å². The van der Waals surface area contributed by atoms with Crippen LogP contribution in [0, 0.1) is 11.3 Å². The molecule has 0 radical (unpaired) electrons. The number of rotatable bonds is 6. The normalized spacial score (nSPS) is 11.0. The number of nitriles is 1. The van der Waals surface area contributed by atoms with E-state index in [0.29, 0.717) is 21.8 Å². The van der Waals surface area contributed by atoms with Crippen molar-refractivity contribution in [2.45, 2.75) is 5.75 Å². The van der Waals surface area contributed by atoms with Crippen LogP contribution in [0.1, 0.15) is 11.3 Å². The highest BCUT2D eigenvalue weighted by Gasteiger charge is 2.20. The predicted molar refractivity (Wildman–Crippen MR) is 104 cm³/mol. The van der Waals surface area contributed by atoms with Crippen molar-refractivity contribution in [2.75, 3.05) is 11.1 Å². The van der Waals surface area contributed by atoms with Gasteiger partial charge in [-0.1, -0.05) is 17.7 Å². The van der Waals surface area contributed by atoms with Gasteiger partial charge in [0.25, 0.3) is 0 Å². The Hall–Kier alpha value is -3.15. The molecule has 0 aliphatic carbocycles. The van der Waals surface area contributed by atoms with Crippen LogP contribution < -0.4 is 5.32 Å². The van der Waals surface area contributed by atoms with Crippen LogP contribution >= 0.6 is 11.6 Å². The van der Waals surface area contributed by atoms with Gasteiger partial charge in [0.1, 0.15) is 12.0 Å². The topological polar surface area (TPSA) is 113 Å². The standard InChI is InChI=1S/C19H14ClN3O4S/c20-15-6-4-14(5-7-15)19-23-17(10-27-19)11-28(25,26)12-18(24)22-16-3-1-2-13(8-16)9-21/h1-8,10H,11-12H2,(H,22,24). The van der Waals surface area contributed by atoms with Crippen LogP contribution in [0.2, 0.25) is 5.02 Å². The fourth-order valence-electron chi connectivity index (χ4n) is 2.44. The highest BCUT2D eigenvalue weighted by atomic mass is 35.5. The van der Waals surface area contributed by atoms with Crippen LogP contribution in [-0.2, 0) is 20.4 Å². The molecule has 1 amide bonds. The van der Waals surface area contributed by atoms with Crippen molar-refractivity contribution in [3.8, 4) is 17.5 Å². The van der Waals surface area contributed by atoms with Crippen molar-refractivity contribution in [1.29, 1.82) is 5.26 Å². The molecule has 0 unspecified atom stereocenters. The van der Waals surface area contributed by atoms with Gasteiger partial charge in [-0.05, 0) is 42.5 Å². The minimum absolute atomic E-state index is 0.198. The zero-order valence-corrected chi connectivity index (χ0v) is 16.0. The van der Waals surface area contributed by atoms with Gasteiger partial charge < -0.3 is 9.73 Å². The van der Waals surface area contributed by atoms with Gasteiger partial charge in [-0.15, -0.1) is 0 Å². The molecule has 9 heteroatoms. The molecule has 28 heavy (non-hydrogen) atoms. The summed E-state index contributed by atoms with van der Waals surface area (Å²) in [5.74, 6) is -1.58. The molecule has 7 nitrogen and oxygen atoms in total.